The summed E-state index contributed by atoms with van der Waals surface area (Å²) in [7, 11) is 0. The van der Waals surface area contributed by atoms with Gasteiger partial charge in [-0.05, 0) is 25.8 Å². The molecule has 98 valence electrons. The predicted molar refractivity (Wildman–Crippen MR) is 68.8 cm³/mol. The van der Waals surface area contributed by atoms with E-state index in [1.165, 1.54) is 0 Å². The van der Waals surface area contributed by atoms with Crippen molar-refractivity contribution in [2.45, 2.75) is 39.7 Å². The van der Waals surface area contributed by atoms with Gasteiger partial charge in [0.1, 0.15) is 6.10 Å². The molecule has 0 aromatic rings. The van der Waals surface area contributed by atoms with E-state index in [0.29, 0.717) is 25.6 Å². The Kier molecular flexibility index (Phi) is 12.6. The SMILES string of the molecule is CCCCOC(C)C(=O)NCC(C)CN.Cl. The highest BCUT2D eigenvalue weighted by atomic mass is 35.5. The van der Waals surface area contributed by atoms with Crippen molar-refractivity contribution in [1.82, 2.24) is 5.32 Å². The minimum atomic E-state index is -0.360. The van der Waals surface area contributed by atoms with Gasteiger partial charge in [-0.25, -0.2) is 0 Å². The number of halogens is 1. The van der Waals surface area contributed by atoms with E-state index in [9.17, 15) is 4.79 Å². The fraction of sp³-hybridized carbons (Fsp3) is 0.909. The molecule has 0 spiro atoms. The number of carbonyl (C=O) groups excluding carboxylic acids is 1. The maximum absolute atomic E-state index is 11.5. The Morgan fingerprint density at radius 1 is 1.44 bits per heavy atom. The molecule has 0 fully saturated rings. The summed E-state index contributed by atoms with van der Waals surface area (Å²) in [4.78, 5) is 11.5. The molecule has 1 amide bonds. The van der Waals surface area contributed by atoms with Crippen molar-refractivity contribution in [1.29, 1.82) is 0 Å². The average molecular weight is 253 g/mol. The lowest BCUT2D eigenvalue weighted by atomic mass is 10.2. The zero-order valence-corrected chi connectivity index (χ0v) is 11.3. The lowest BCUT2D eigenvalue weighted by Crippen LogP contribution is -2.38. The topological polar surface area (TPSA) is 64.3 Å². The number of ether oxygens (including phenoxy) is 1. The largest absolute Gasteiger partial charge is 0.369 e. The normalized spacial score (nSPS) is 13.8. The minimum Gasteiger partial charge on any atom is -0.369 e. The first-order valence-electron chi connectivity index (χ1n) is 5.71. The lowest BCUT2D eigenvalue weighted by molar-refractivity contribution is -0.131. The van der Waals surface area contributed by atoms with Gasteiger partial charge >= 0.3 is 0 Å². The van der Waals surface area contributed by atoms with Crippen molar-refractivity contribution in [2.75, 3.05) is 19.7 Å². The average Bonchev–Trinajstić information content (AvgIpc) is 2.25. The van der Waals surface area contributed by atoms with Crippen LogP contribution in [0.1, 0.15) is 33.6 Å². The first-order chi connectivity index (χ1) is 7.11. The smallest absolute Gasteiger partial charge is 0.248 e. The molecule has 0 radical (unpaired) electrons. The van der Waals surface area contributed by atoms with Crippen LogP contribution in [0.3, 0.4) is 0 Å². The van der Waals surface area contributed by atoms with Crippen molar-refractivity contribution < 1.29 is 9.53 Å². The van der Waals surface area contributed by atoms with E-state index in [0.717, 1.165) is 12.8 Å². The van der Waals surface area contributed by atoms with Gasteiger partial charge in [-0.3, -0.25) is 4.79 Å². The van der Waals surface area contributed by atoms with Gasteiger partial charge in [0, 0.05) is 13.2 Å². The summed E-state index contributed by atoms with van der Waals surface area (Å²) in [5.41, 5.74) is 5.45. The number of rotatable bonds is 8. The molecule has 2 unspecified atom stereocenters. The van der Waals surface area contributed by atoms with Crippen molar-refractivity contribution in [3.63, 3.8) is 0 Å². The van der Waals surface area contributed by atoms with Crippen LogP contribution in [-0.2, 0) is 9.53 Å². The first-order valence-corrected chi connectivity index (χ1v) is 5.71. The second kappa shape index (κ2) is 11.2. The van der Waals surface area contributed by atoms with Gasteiger partial charge in [0.2, 0.25) is 5.91 Å². The Hall–Kier alpha value is -0.320. The molecule has 0 rings (SSSR count). The van der Waals surface area contributed by atoms with Crippen LogP contribution in [0.15, 0.2) is 0 Å². The monoisotopic (exact) mass is 252 g/mol. The van der Waals surface area contributed by atoms with Gasteiger partial charge in [-0.15, -0.1) is 12.4 Å². The number of nitrogens with two attached hydrogens (primary N) is 1. The first kappa shape index (κ1) is 18.1. The van der Waals surface area contributed by atoms with E-state index in [1.807, 2.05) is 6.92 Å². The number of nitrogens with one attached hydrogen (secondary N) is 1. The summed E-state index contributed by atoms with van der Waals surface area (Å²) in [6.07, 6.45) is 1.72. The molecule has 0 aliphatic carbocycles. The molecule has 2 atom stereocenters. The Bertz CT molecular complexity index is 179. The molecule has 3 N–H and O–H groups in total. The summed E-state index contributed by atoms with van der Waals surface area (Å²) in [6, 6.07) is 0. The summed E-state index contributed by atoms with van der Waals surface area (Å²) in [6.45, 7) is 7.73. The summed E-state index contributed by atoms with van der Waals surface area (Å²) >= 11 is 0. The van der Waals surface area contributed by atoms with Crippen LogP contribution in [-0.4, -0.2) is 31.7 Å². The Morgan fingerprint density at radius 2 is 2.06 bits per heavy atom. The van der Waals surface area contributed by atoms with Gasteiger partial charge in [-0.1, -0.05) is 20.3 Å². The Balaban J connectivity index is 0. The van der Waals surface area contributed by atoms with Gasteiger partial charge in [0.25, 0.3) is 0 Å². The van der Waals surface area contributed by atoms with E-state index >= 15 is 0 Å². The van der Waals surface area contributed by atoms with E-state index in [2.05, 4.69) is 12.2 Å². The number of hydrogen-bond donors (Lipinski definition) is 2. The van der Waals surface area contributed by atoms with Crippen molar-refractivity contribution in [3.8, 4) is 0 Å². The predicted octanol–water partition coefficient (Wildman–Crippen LogP) is 1.32. The Morgan fingerprint density at radius 3 is 2.56 bits per heavy atom. The highest BCUT2D eigenvalue weighted by Gasteiger charge is 2.12. The molecule has 0 aliphatic rings. The third-order valence-corrected chi connectivity index (χ3v) is 2.26. The van der Waals surface area contributed by atoms with Gasteiger partial charge in [0.15, 0.2) is 0 Å². The third-order valence-electron chi connectivity index (χ3n) is 2.26. The second-order valence-corrected chi connectivity index (χ2v) is 3.95. The fourth-order valence-electron chi connectivity index (χ4n) is 0.982. The number of amides is 1. The molecule has 0 aromatic carbocycles. The van der Waals surface area contributed by atoms with Gasteiger partial charge in [-0.2, -0.15) is 0 Å². The van der Waals surface area contributed by atoms with E-state index < -0.39 is 0 Å². The quantitative estimate of drug-likeness (QED) is 0.641. The lowest BCUT2D eigenvalue weighted by Gasteiger charge is -2.15. The number of hydrogen-bond acceptors (Lipinski definition) is 3. The fourth-order valence-corrected chi connectivity index (χ4v) is 0.982. The third kappa shape index (κ3) is 8.95. The van der Waals surface area contributed by atoms with Crippen LogP contribution in [0.25, 0.3) is 0 Å². The van der Waals surface area contributed by atoms with Crippen LogP contribution >= 0.6 is 12.4 Å². The maximum Gasteiger partial charge on any atom is 0.248 e. The molecular formula is C11H25ClN2O2. The number of carbonyl (C=O) groups is 1. The van der Waals surface area contributed by atoms with Crippen molar-refractivity contribution >= 4 is 18.3 Å². The summed E-state index contributed by atoms with van der Waals surface area (Å²) in [5.74, 6) is 0.267. The highest BCUT2D eigenvalue weighted by molar-refractivity contribution is 5.85. The number of unbranched alkanes of at least 4 members (excludes halogenated alkanes) is 1. The molecule has 0 aliphatic heterocycles. The van der Waals surface area contributed by atoms with Gasteiger partial charge in [0.05, 0.1) is 0 Å². The van der Waals surface area contributed by atoms with Crippen LogP contribution in [0.4, 0.5) is 0 Å². The zero-order chi connectivity index (χ0) is 11.7. The minimum absolute atomic E-state index is 0. The van der Waals surface area contributed by atoms with E-state index in [-0.39, 0.29) is 24.4 Å². The summed E-state index contributed by atoms with van der Waals surface area (Å²) in [5, 5.41) is 2.82. The van der Waals surface area contributed by atoms with Crippen molar-refractivity contribution in [2.24, 2.45) is 11.7 Å². The molecule has 5 heteroatoms. The maximum atomic E-state index is 11.5. The molecule has 4 nitrogen and oxygen atoms in total. The molecule has 0 bridgehead atoms. The van der Waals surface area contributed by atoms with Crippen molar-refractivity contribution in [3.05, 3.63) is 0 Å². The Labute approximate surface area is 105 Å². The van der Waals surface area contributed by atoms with Gasteiger partial charge < -0.3 is 15.8 Å². The van der Waals surface area contributed by atoms with E-state index in [1.54, 1.807) is 6.92 Å². The highest BCUT2D eigenvalue weighted by Crippen LogP contribution is 1.96. The van der Waals surface area contributed by atoms with Crippen LogP contribution in [0, 0.1) is 5.92 Å². The molecule has 0 saturated heterocycles. The van der Waals surface area contributed by atoms with Crippen LogP contribution in [0.5, 0.6) is 0 Å². The summed E-state index contributed by atoms with van der Waals surface area (Å²) < 4.78 is 5.37. The molecule has 16 heavy (non-hydrogen) atoms. The molecule has 0 saturated carbocycles. The second-order valence-electron chi connectivity index (χ2n) is 3.95. The molecule has 0 aromatic heterocycles. The van der Waals surface area contributed by atoms with Crippen LogP contribution in [0.2, 0.25) is 0 Å². The zero-order valence-electron chi connectivity index (χ0n) is 10.5. The standard InChI is InChI=1S/C11H24N2O2.ClH/c1-4-5-6-15-10(3)11(14)13-8-9(2)7-12;/h9-10H,4-8,12H2,1-3H3,(H,13,14);1H. The van der Waals surface area contributed by atoms with E-state index in [4.69, 9.17) is 10.5 Å². The van der Waals surface area contributed by atoms with Crippen LogP contribution < -0.4 is 11.1 Å². The molecule has 0 heterocycles. The molecular weight excluding hydrogens is 228 g/mol.